The Balaban J connectivity index is 1.52. The van der Waals surface area contributed by atoms with Crippen molar-refractivity contribution in [1.29, 1.82) is 0 Å². The van der Waals surface area contributed by atoms with Gasteiger partial charge in [0.15, 0.2) is 0 Å². The Kier molecular flexibility index (Phi) is 4.24. The Morgan fingerprint density at radius 3 is 2.92 bits per heavy atom. The molecule has 25 heavy (non-hydrogen) atoms. The van der Waals surface area contributed by atoms with Crippen molar-refractivity contribution in [2.45, 2.75) is 25.1 Å². The molecule has 0 amide bonds. The van der Waals surface area contributed by atoms with Gasteiger partial charge in [-0.15, -0.1) is 0 Å². The van der Waals surface area contributed by atoms with Gasteiger partial charge in [0.05, 0.1) is 18.7 Å². The number of nitrogens with one attached hydrogen (secondary N) is 1. The molecule has 1 aliphatic rings. The van der Waals surface area contributed by atoms with Gasteiger partial charge in [0.2, 0.25) is 11.7 Å². The summed E-state index contributed by atoms with van der Waals surface area (Å²) in [6, 6.07) is 6.04. The van der Waals surface area contributed by atoms with Crippen LogP contribution in [0.15, 0.2) is 35.1 Å². The maximum Gasteiger partial charge on any atom is 0.241 e. The second-order valence-electron chi connectivity index (χ2n) is 5.93. The zero-order valence-electron chi connectivity index (χ0n) is 13.6. The summed E-state index contributed by atoms with van der Waals surface area (Å²) < 4.78 is 23.9. The Morgan fingerprint density at radius 2 is 2.20 bits per heavy atom. The van der Waals surface area contributed by atoms with E-state index < -0.39 is 0 Å². The lowest BCUT2D eigenvalue weighted by molar-refractivity contribution is 0.105. The van der Waals surface area contributed by atoms with E-state index >= 15 is 0 Å². The third-order valence-electron chi connectivity index (χ3n) is 4.36. The lowest BCUT2D eigenvalue weighted by Crippen LogP contribution is -2.25. The molecule has 0 unspecified atom stereocenters. The average molecular weight is 344 g/mol. The highest BCUT2D eigenvalue weighted by molar-refractivity contribution is 5.53. The number of nitrogens with zero attached hydrogens (tertiary/aromatic N) is 5. The molecule has 8 nitrogen and oxygen atoms in total. The molecule has 9 heteroatoms. The van der Waals surface area contributed by atoms with Crippen LogP contribution in [-0.2, 0) is 11.3 Å². The van der Waals surface area contributed by atoms with Crippen molar-refractivity contribution < 1.29 is 13.7 Å². The van der Waals surface area contributed by atoms with E-state index in [9.17, 15) is 4.39 Å². The number of halogens is 1. The van der Waals surface area contributed by atoms with E-state index in [-0.39, 0.29) is 18.0 Å². The van der Waals surface area contributed by atoms with Crippen LogP contribution in [0.4, 0.5) is 4.39 Å². The number of hydrogen-bond donors (Lipinski definition) is 1. The summed E-state index contributed by atoms with van der Waals surface area (Å²) in [6.07, 6.45) is 2.41. The van der Waals surface area contributed by atoms with Gasteiger partial charge in [0.25, 0.3) is 0 Å². The normalized spacial score (nSPS) is 21.0. The molecular weight excluding hydrogens is 327 g/mol. The van der Waals surface area contributed by atoms with Crippen LogP contribution in [0.1, 0.15) is 24.2 Å². The number of aromatic nitrogens is 5. The monoisotopic (exact) mass is 344 g/mol. The van der Waals surface area contributed by atoms with Crippen LogP contribution in [0, 0.1) is 5.82 Å². The molecule has 2 atom stereocenters. The molecule has 130 valence electrons. The first-order chi connectivity index (χ1) is 12.2. The quantitative estimate of drug-likeness (QED) is 0.756. The molecule has 0 radical (unpaired) electrons. The van der Waals surface area contributed by atoms with Crippen LogP contribution in [0.3, 0.4) is 0 Å². The predicted octanol–water partition coefficient (Wildman–Crippen LogP) is 1.96. The van der Waals surface area contributed by atoms with Crippen LogP contribution in [0.2, 0.25) is 0 Å². The summed E-state index contributed by atoms with van der Waals surface area (Å²) in [7, 11) is 1.70. The summed E-state index contributed by atoms with van der Waals surface area (Å²) in [5, 5.41) is 10.8. The van der Waals surface area contributed by atoms with E-state index in [1.165, 1.54) is 18.5 Å². The number of methoxy groups -OCH3 is 1. The fourth-order valence-electron chi connectivity index (χ4n) is 3.08. The summed E-state index contributed by atoms with van der Waals surface area (Å²) >= 11 is 0. The minimum atomic E-state index is -0.301. The zero-order chi connectivity index (χ0) is 17.2. The van der Waals surface area contributed by atoms with E-state index in [2.05, 4.69) is 30.2 Å². The Morgan fingerprint density at radius 1 is 1.36 bits per heavy atom. The molecule has 2 aromatic heterocycles. The van der Waals surface area contributed by atoms with Crippen molar-refractivity contribution >= 4 is 0 Å². The van der Waals surface area contributed by atoms with Gasteiger partial charge < -0.3 is 9.26 Å². The van der Waals surface area contributed by atoms with Crippen LogP contribution in [-0.4, -0.2) is 50.0 Å². The molecule has 3 aromatic rings. The van der Waals surface area contributed by atoms with Gasteiger partial charge in [-0.2, -0.15) is 10.1 Å². The molecular formula is C16H17FN6O2. The van der Waals surface area contributed by atoms with Crippen molar-refractivity contribution in [3.8, 4) is 11.4 Å². The summed E-state index contributed by atoms with van der Waals surface area (Å²) in [6.45, 7) is 1.20. The van der Waals surface area contributed by atoms with Crippen molar-refractivity contribution in [3.63, 3.8) is 0 Å². The lowest BCUT2D eigenvalue weighted by atomic mass is 10.2. The highest BCUT2D eigenvalue weighted by atomic mass is 19.1. The van der Waals surface area contributed by atoms with Crippen LogP contribution >= 0.6 is 0 Å². The minimum Gasteiger partial charge on any atom is -0.380 e. The molecule has 0 bridgehead atoms. The number of hydrogen-bond acceptors (Lipinski definition) is 7. The van der Waals surface area contributed by atoms with Gasteiger partial charge >= 0.3 is 0 Å². The Hall–Kier alpha value is -2.65. The average Bonchev–Trinajstić information content (AvgIpc) is 3.36. The number of rotatable bonds is 5. The van der Waals surface area contributed by atoms with Crippen LogP contribution in [0.25, 0.3) is 11.4 Å². The summed E-state index contributed by atoms with van der Waals surface area (Å²) in [4.78, 5) is 10.8. The maximum atomic E-state index is 13.0. The van der Waals surface area contributed by atoms with Crippen LogP contribution in [0.5, 0.6) is 0 Å². The smallest absolute Gasteiger partial charge is 0.241 e. The van der Waals surface area contributed by atoms with Crippen molar-refractivity contribution in [1.82, 2.24) is 30.2 Å². The molecule has 0 spiro atoms. The molecule has 1 saturated heterocycles. The van der Waals surface area contributed by atoms with Crippen molar-refractivity contribution in [2.75, 3.05) is 13.7 Å². The van der Waals surface area contributed by atoms with E-state index in [0.717, 1.165) is 18.8 Å². The number of ether oxygens (including phenoxy) is 1. The van der Waals surface area contributed by atoms with E-state index in [0.29, 0.717) is 23.8 Å². The van der Waals surface area contributed by atoms with E-state index in [1.807, 2.05) is 0 Å². The topological polar surface area (TPSA) is 93.0 Å². The number of benzene rings is 1. The lowest BCUT2D eigenvalue weighted by Gasteiger charge is -2.19. The fourth-order valence-corrected chi connectivity index (χ4v) is 3.08. The predicted molar refractivity (Wildman–Crippen MR) is 84.6 cm³/mol. The molecule has 3 heterocycles. The zero-order valence-corrected chi connectivity index (χ0v) is 13.6. The van der Waals surface area contributed by atoms with E-state index in [4.69, 9.17) is 9.26 Å². The SMILES string of the molecule is CO[C@@H]1C[C@@H](c2ncn[nH]2)N(Cc2nc(-c3ccc(F)cc3)no2)C1. The van der Waals surface area contributed by atoms with Crippen LogP contribution < -0.4 is 0 Å². The second-order valence-corrected chi connectivity index (χ2v) is 5.93. The first-order valence-corrected chi connectivity index (χ1v) is 7.93. The first kappa shape index (κ1) is 15.9. The second kappa shape index (κ2) is 6.69. The third-order valence-corrected chi connectivity index (χ3v) is 4.36. The highest BCUT2D eigenvalue weighted by Crippen LogP contribution is 2.32. The van der Waals surface area contributed by atoms with E-state index in [1.54, 1.807) is 19.2 Å². The molecule has 1 aliphatic heterocycles. The number of likely N-dealkylation sites (tertiary alicyclic amines) is 1. The minimum absolute atomic E-state index is 0.0496. The first-order valence-electron chi connectivity index (χ1n) is 7.93. The van der Waals surface area contributed by atoms with Gasteiger partial charge in [-0.25, -0.2) is 9.37 Å². The molecule has 1 fully saturated rings. The Bertz CT molecular complexity index is 820. The molecule has 0 aliphatic carbocycles. The Labute approximate surface area is 143 Å². The van der Waals surface area contributed by atoms with Gasteiger partial charge in [0, 0.05) is 19.2 Å². The van der Waals surface area contributed by atoms with Gasteiger partial charge in [0.1, 0.15) is 18.0 Å². The standard InChI is InChI=1S/C16H17FN6O2/c1-24-12-6-13(16-18-9-19-21-16)23(7-12)8-14-20-15(22-25-14)10-2-4-11(17)5-3-10/h2-5,9,12-13H,6-8H2,1H3,(H,18,19,21)/t12-,13+/m1/s1. The third kappa shape index (κ3) is 3.28. The molecule has 1 N–H and O–H groups in total. The fraction of sp³-hybridized carbons (Fsp3) is 0.375. The molecule has 1 aromatic carbocycles. The van der Waals surface area contributed by atoms with Gasteiger partial charge in [-0.1, -0.05) is 5.16 Å². The number of H-pyrrole nitrogens is 1. The molecule has 4 rings (SSSR count). The largest absolute Gasteiger partial charge is 0.380 e. The van der Waals surface area contributed by atoms with Gasteiger partial charge in [-0.3, -0.25) is 10.00 Å². The summed E-state index contributed by atoms with van der Waals surface area (Å²) in [5.74, 6) is 1.41. The summed E-state index contributed by atoms with van der Waals surface area (Å²) in [5.41, 5.74) is 0.708. The van der Waals surface area contributed by atoms with Crippen molar-refractivity contribution in [2.24, 2.45) is 0 Å². The maximum absolute atomic E-state index is 13.0. The van der Waals surface area contributed by atoms with Gasteiger partial charge in [-0.05, 0) is 30.7 Å². The van der Waals surface area contributed by atoms with Crippen molar-refractivity contribution in [3.05, 3.63) is 48.1 Å². The highest BCUT2D eigenvalue weighted by Gasteiger charge is 2.35. The number of aromatic amines is 1. The molecule has 0 saturated carbocycles.